The summed E-state index contributed by atoms with van der Waals surface area (Å²) in [6, 6.07) is 12.4. The first kappa shape index (κ1) is 23.2. The summed E-state index contributed by atoms with van der Waals surface area (Å²) < 4.78 is 0. The number of anilines is 1. The van der Waals surface area contributed by atoms with Crippen LogP contribution < -0.4 is 10.2 Å². The van der Waals surface area contributed by atoms with E-state index in [2.05, 4.69) is 82.4 Å². The summed E-state index contributed by atoms with van der Waals surface area (Å²) in [5.41, 5.74) is 1.26. The number of hydrogen-bond donors (Lipinski definition) is 1. The van der Waals surface area contributed by atoms with Gasteiger partial charge in [-0.25, -0.2) is 9.97 Å². The molecule has 1 aromatic carbocycles. The van der Waals surface area contributed by atoms with E-state index in [1.54, 1.807) is 0 Å². The molecule has 8 heteroatoms. The highest BCUT2D eigenvalue weighted by molar-refractivity contribution is 5.80. The van der Waals surface area contributed by atoms with Gasteiger partial charge in [0.1, 0.15) is 0 Å². The average Bonchev–Trinajstić information content (AvgIpc) is 2.89. The maximum Gasteiger partial charge on any atom is 0.225 e. The molecule has 0 atom stereocenters. The van der Waals surface area contributed by atoms with E-state index in [-0.39, 0.29) is 0 Å². The normalized spacial score (nSPS) is 18.8. The molecule has 2 aromatic rings. The Balaban J connectivity index is 1.12. The minimum Gasteiger partial charge on any atom is -0.355 e. The molecule has 2 aliphatic rings. The van der Waals surface area contributed by atoms with E-state index in [9.17, 15) is 0 Å². The third-order valence-corrected chi connectivity index (χ3v) is 6.28. The summed E-state index contributed by atoms with van der Waals surface area (Å²) in [6.45, 7) is 11.1. The molecule has 0 bridgehead atoms. The lowest BCUT2D eigenvalue weighted by atomic mass is 10.2. The van der Waals surface area contributed by atoms with Gasteiger partial charge in [-0.05, 0) is 11.6 Å². The number of nitrogens with zero attached hydrogens (tertiary/aromatic N) is 7. The maximum atomic E-state index is 4.53. The van der Waals surface area contributed by atoms with Gasteiger partial charge >= 0.3 is 0 Å². The van der Waals surface area contributed by atoms with Gasteiger partial charge < -0.3 is 15.1 Å². The van der Waals surface area contributed by atoms with Gasteiger partial charge in [-0.1, -0.05) is 42.5 Å². The van der Waals surface area contributed by atoms with Crippen molar-refractivity contribution >= 4 is 18.0 Å². The number of hydrogen-bond acceptors (Lipinski definition) is 6. The Kier molecular flexibility index (Phi) is 8.66. The molecule has 33 heavy (non-hydrogen) atoms. The minimum absolute atomic E-state index is 0.838. The second-order valence-electron chi connectivity index (χ2n) is 8.45. The second kappa shape index (κ2) is 12.3. The largest absolute Gasteiger partial charge is 0.355 e. The Hall–Kier alpha value is -2.97. The van der Waals surface area contributed by atoms with Gasteiger partial charge in [-0.2, -0.15) is 0 Å². The lowest BCUT2D eigenvalue weighted by Gasteiger charge is -2.37. The van der Waals surface area contributed by atoms with Crippen molar-refractivity contribution < 1.29 is 0 Å². The van der Waals surface area contributed by atoms with Crippen LogP contribution >= 0.6 is 0 Å². The number of aliphatic imine (C=N–C) groups is 1. The van der Waals surface area contributed by atoms with Crippen molar-refractivity contribution in [3.8, 4) is 0 Å². The van der Waals surface area contributed by atoms with Crippen LogP contribution in [-0.2, 0) is 0 Å². The molecule has 1 N–H and O–H groups in total. The predicted octanol–water partition coefficient (Wildman–Crippen LogP) is 1.51. The SMILES string of the molecule is CN=C(NCCN1CCN(c2ncccn2)CC1)N1CCN(C/C=C/c2ccccc2)CC1. The van der Waals surface area contributed by atoms with E-state index >= 15 is 0 Å². The van der Waals surface area contributed by atoms with Gasteiger partial charge in [0.25, 0.3) is 0 Å². The lowest BCUT2D eigenvalue weighted by Crippen LogP contribution is -2.54. The van der Waals surface area contributed by atoms with Crippen LogP contribution in [0.4, 0.5) is 5.95 Å². The van der Waals surface area contributed by atoms with E-state index in [1.807, 2.05) is 25.5 Å². The maximum absolute atomic E-state index is 4.53. The van der Waals surface area contributed by atoms with Gasteiger partial charge in [0.2, 0.25) is 5.95 Å². The van der Waals surface area contributed by atoms with E-state index < -0.39 is 0 Å². The van der Waals surface area contributed by atoms with Gasteiger partial charge in [0, 0.05) is 91.4 Å². The second-order valence-corrected chi connectivity index (χ2v) is 8.45. The molecule has 0 aliphatic carbocycles. The fourth-order valence-corrected chi connectivity index (χ4v) is 4.33. The Morgan fingerprint density at radius 3 is 2.30 bits per heavy atom. The zero-order valence-corrected chi connectivity index (χ0v) is 19.7. The van der Waals surface area contributed by atoms with E-state index in [0.29, 0.717) is 0 Å². The number of piperazine rings is 2. The van der Waals surface area contributed by atoms with E-state index in [1.165, 1.54) is 5.56 Å². The first-order chi connectivity index (χ1) is 16.3. The van der Waals surface area contributed by atoms with Crippen molar-refractivity contribution in [1.82, 2.24) is 30.0 Å². The van der Waals surface area contributed by atoms with E-state index in [0.717, 1.165) is 83.9 Å². The number of guanidine groups is 1. The fourth-order valence-electron chi connectivity index (χ4n) is 4.33. The van der Waals surface area contributed by atoms with Crippen LogP contribution in [0.5, 0.6) is 0 Å². The molecule has 0 unspecified atom stereocenters. The first-order valence-electron chi connectivity index (χ1n) is 12.0. The number of rotatable bonds is 7. The molecule has 0 saturated carbocycles. The number of aromatic nitrogens is 2. The molecular formula is C25H36N8. The molecular weight excluding hydrogens is 412 g/mol. The highest BCUT2D eigenvalue weighted by Gasteiger charge is 2.20. The summed E-state index contributed by atoms with van der Waals surface area (Å²) in [5.74, 6) is 1.86. The minimum atomic E-state index is 0.838. The molecule has 0 radical (unpaired) electrons. The zero-order valence-electron chi connectivity index (χ0n) is 19.7. The molecule has 3 heterocycles. The van der Waals surface area contributed by atoms with Crippen LogP contribution in [0, 0.1) is 0 Å². The molecule has 176 valence electrons. The predicted molar refractivity (Wildman–Crippen MR) is 136 cm³/mol. The smallest absolute Gasteiger partial charge is 0.225 e. The highest BCUT2D eigenvalue weighted by atomic mass is 15.4. The summed E-state index contributed by atoms with van der Waals surface area (Å²) in [6.07, 6.45) is 8.10. The molecule has 1 aromatic heterocycles. The molecule has 2 aliphatic heterocycles. The fraction of sp³-hybridized carbons (Fsp3) is 0.480. The van der Waals surface area contributed by atoms with Crippen molar-refractivity contribution in [3.63, 3.8) is 0 Å². The van der Waals surface area contributed by atoms with Gasteiger partial charge in [-0.3, -0.25) is 14.8 Å². The quantitative estimate of drug-likeness (QED) is 0.509. The van der Waals surface area contributed by atoms with Crippen LogP contribution in [0.3, 0.4) is 0 Å². The van der Waals surface area contributed by atoms with Gasteiger partial charge in [0.05, 0.1) is 0 Å². The van der Waals surface area contributed by atoms with Crippen LogP contribution in [0.15, 0.2) is 59.9 Å². The number of benzene rings is 1. The lowest BCUT2D eigenvalue weighted by molar-refractivity contribution is 0.193. The standard InChI is InChI=1S/C25H36N8/c1-26-24(29-12-14-31-17-21-33(22-18-31)25-27-10-6-11-28-25)32-19-15-30(16-20-32)13-5-9-23-7-3-2-4-8-23/h2-11H,12-22H2,1H3,(H,26,29)/b9-5+. The Morgan fingerprint density at radius 1 is 0.909 bits per heavy atom. The van der Waals surface area contributed by atoms with E-state index in [4.69, 9.17) is 0 Å². The zero-order chi connectivity index (χ0) is 22.7. The third kappa shape index (κ3) is 7.00. The topological polar surface area (TPSA) is 63.1 Å². The van der Waals surface area contributed by atoms with Crippen LogP contribution in [0.2, 0.25) is 0 Å². The summed E-state index contributed by atoms with van der Waals surface area (Å²) in [7, 11) is 1.88. The Bertz CT molecular complexity index is 870. The van der Waals surface area contributed by atoms with Gasteiger partial charge in [0.15, 0.2) is 5.96 Å². The molecule has 4 rings (SSSR count). The molecule has 8 nitrogen and oxygen atoms in total. The van der Waals surface area contributed by atoms with Crippen molar-refractivity contribution in [2.45, 2.75) is 0 Å². The summed E-state index contributed by atoms with van der Waals surface area (Å²) >= 11 is 0. The Morgan fingerprint density at radius 2 is 1.61 bits per heavy atom. The molecule has 2 fully saturated rings. The molecule has 2 saturated heterocycles. The monoisotopic (exact) mass is 448 g/mol. The Labute approximate surface area is 197 Å². The van der Waals surface area contributed by atoms with Crippen LogP contribution in [0.25, 0.3) is 6.08 Å². The molecule has 0 spiro atoms. The third-order valence-electron chi connectivity index (χ3n) is 6.28. The summed E-state index contributed by atoms with van der Waals surface area (Å²) in [5, 5.41) is 3.57. The van der Waals surface area contributed by atoms with Crippen molar-refractivity contribution in [2.24, 2.45) is 4.99 Å². The first-order valence-corrected chi connectivity index (χ1v) is 12.0. The van der Waals surface area contributed by atoms with Gasteiger partial charge in [-0.15, -0.1) is 0 Å². The number of nitrogens with one attached hydrogen (secondary N) is 1. The highest BCUT2D eigenvalue weighted by Crippen LogP contribution is 2.09. The summed E-state index contributed by atoms with van der Waals surface area (Å²) in [4.78, 5) is 22.9. The van der Waals surface area contributed by atoms with Crippen LogP contribution in [0.1, 0.15) is 5.56 Å². The van der Waals surface area contributed by atoms with Crippen molar-refractivity contribution in [1.29, 1.82) is 0 Å². The average molecular weight is 449 g/mol. The van der Waals surface area contributed by atoms with Crippen LogP contribution in [-0.4, -0.2) is 110 Å². The van der Waals surface area contributed by atoms with Crippen molar-refractivity contribution in [3.05, 3.63) is 60.4 Å². The van der Waals surface area contributed by atoms with Crippen molar-refractivity contribution in [2.75, 3.05) is 83.9 Å². The molecule has 0 amide bonds.